The number of nitrogens with two attached hydrogens (primary N) is 1. The Labute approximate surface area is 75.7 Å². The first-order valence-electron chi connectivity index (χ1n) is 3.40. The van der Waals surface area contributed by atoms with Gasteiger partial charge in [-0.3, -0.25) is 11.3 Å². The zero-order chi connectivity index (χ0) is 8.97. The van der Waals surface area contributed by atoms with Crippen LogP contribution in [0.2, 0.25) is 5.02 Å². The minimum atomic E-state index is 0.505. The third-order valence-electron chi connectivity index (χ3n) is 1.47. The van der Waals surface area contributed by atoms with E-state index in [-0.39, 0.29) is 0 Å². The van der Waals surface area contributed by atoms with Gasteiger partial charge in [-0.1, -0.05) is 17.7 Å². The molecule has 1 aromatic rings. The molecule has 0 heterocycles. The van der Waals surface area contributed by atoms with E-state index < -0.39 is 0 Å². The van der Waals surface area contributed by atoms with Crippen LogP contribution >= 0.6 is 11.6 Å². The molecule has 0 saturated heterocycles. The van der Waals surface area contributed by atoms with Gasteiger partial charge >= 0.3 is 0 Å². The summed E-state index contributed by atoms with van der Waals surface area (Å²) in [6.07, 6.45) is 0. The van der Waals surface area contributed by atoms with Crippen molar-refractivity contribution in [2.75, 3.05) is 0 Å². The lowest BCUT2D eigenvalue weighted by Crippen LogP contribution is -2.20. The summed E-state index contributed by atoms with van der Waals surface area (Å²) in [5.74, 6) is 5.13. The van der Waals surface area contributed by atoms with Gasteiger partial charge in [-0.2, -0.15) is 5.26 Å². The van der Waals surface area contributed by atoms with Gasteiger partial charge in [0.1, 0.15) is 0 Å². The molecule has 1 rings (SSSR count). The number of hydrogen-bond acceptors (Lipinski definition) is 3. The van der Waals surface area contributed by atoms with Gasteiger partial charge in [0.15, 0.2) is 0 Å². The molecule has 12 heavy (non-hydrogen) atoms. The Balaban J connectivity index is 2.97. The number of nitrogens with zero attached hydrogens (tertiary/aromatic N) is 1. The summed E-state index contributed by atoms with van der Waals surface area (Å²) in [5, 5.41) is 9.10. The molecule has 0 amide bonds. The van der Waals surface area contributed by atoms with Crippen LogP contribution < -0.4 is 11.3 Å². The molecule has 0 atom stereocenters. The van der Waals surface area contributed by atoms with Gasteiger partial charge < -0.3 is 0 Å². The van der Waals surface area contributed by atoms with Crippen molar-refractivity contribution in [1.82, 2.24) is 5.43 Å². The Morgan fingerprint density at radius 3 is 2.83 bits per heavy atom. The lowest BCUT2D eigenvalue weighted by atomic mass is 10.1. The second-order valence-corrected chi connectivity index (χ2v) is 2.71. The highest BCUT2D eigenvalue weighted by Crippen LogP contribution is 2.16. The summed E-state index contributed by atoms with van der Waals surface area (Å²) >= 11 is 5.84. The predicted molar refractivity (Wildman–Crippen MR) is 47.2 cm³/mol. The molecular formula is C8H8ClN3. The summed E-state index contributed by atoms with van der Waals surface area (Å²) < 4.78 is 0. The van der Waals surface area contributed by atoms with Crippen molar-refractivity contribution in [3.05, 3.63) is 34.3 Å². The number of halogens is 1. The normalized spacial score (nSPS) is 9.42. The average molecular weight is 182 g/mol. The fourth-order valence-corrected chi connectivity index (χ4v) is 1.12. The zero-order valence-corrected chi connectivity index (χ0v) is 7.10. The van der Waals surface area contributed by atoms with Crippen LogP contribution in [0.25, 0.3) is 0 Å². The van der Waals surface area contributed by atoms with Crippen LogP contribution in [0.4, 0.5) is 0 Å². The standard InChI is InChI=1S/C8H8ClN3/c9-8-3-6(4-10)1-2-7(8)5-12-11/h1-3,12H,5,11H2. The molecule has 0 aliphatic carbocycles. The fourth-order valence-electron chi connectivity index (χ4n) is 0.870. The van der Waals surface area contributed by atoms with Crippen molar-refractivity contribution in [2.24, 2.45) is 5.84 Å². The molecule has 0 aliphatic heterocycles. The first-order chi connectivity index (χ1) is 5.77. The van der Waals surface area contributed by atoms with Gasteiger partial charge in [0.25, 0.3) is 0 Å². The molecule has 0 aliphatic rings. The molecule has 62 valence electrons. The molecule has 3 N–H and O–H groups in total. The van der Waals surface area contributed by atoms with E-state index in [1.807, 2.05) is 6.07 Å². The monoisotopic (exact) mass is 181 g/mol. The summed E-state index contributed by atoms with van der Waals surface area (Å²) in [7, 11) is 0. The van der Waals surface area contributed by atoms with E-state index in [2.05, 4.69) is 5.43 Å². The Bertz CT molecular complexity index is 317. The zero-order valence-electron chi connectivity index (χ0n) is 6.34. The van der Waals surface area contributed by atoms with Crippen molar-refractivity contribution in [2.45, 2.75) is 6.54 Å². The van der Waals surface area contributed by atoms with Crippen molar-refractivity contribution in [3.8, 4) is 6.07 Å². The van der Waals surface area contributed by atoms with E-state index in [9.17, 15) is 0 Å². The van der Waals surface area contributed by atoms with Gasteiger partial charge in [0.2, 0.25) is 0 Å². The number of nitriles is 1. The first-order valence-corrected chi connectivity index (χ1v) is 3.77. The van der Waals surface area contributed by atoms with Crippen LogP contribution in [0, 0.1) is 11.3 Å². The van der Waals surface area contributed by atoms with Crippen molar-refractivity contribution in [1.29, 1.82) is 5.26 Å². The van der Waals surface area contributed by atoms with E-state index in [0.29, 0.717) is 17.1 Å². The van der Waals surface area contributed by atoms with E-state index in [0.717, 1.165) is 5.56 Å². The Hall–Kier alpha value is -1.08. The molecule has 3 nitrogen and oxygen atoms in total. The Morgan fingerprint density at radius 1 is 1.58 bits per heavy atom. The van der Waals surface area contributed by atoms with Crippen LogP contribution in [0.5, 0.6) is 0 Å². The highest BCUT2D eigenvalue weighted by Gasteiger charge is 1.99. The van der Waals surface area contributed by atoms with Crippen molar-refractivity contribution >= 4 is 11.6 Å². The maximum atomic E-state index is 8.53. The van der Waals surface area contributed by atoms with E-state index in [1.165, 1.54) is 0 Å². The molecule has 0 saturated carbocycles. The van der Waals surface area contributed by atoms with E-state index >= 15 is 0 Å². The van der Waals surface area contributed by atoms with Gasteiger partial charge in [-0.15, -0.1) is 0 Å². The Kier molecular flexibility index (Phi) is 3.06. The van der Waals surface area contributed by atoms with Crippen LogP contribution in [0.1, 0.15) is 11.1 Å². The van der Waals surface area contributed by atoms with Gasteiger partial charge in [0.05, 0.1) is 11.6 Å². The summed E-state index contributed by atoms with van der Waals surface area (Å²) in [4.78, 5) is 0. The lowest BCUT2D eigenvalue weighted by Gasteiger charge is -2.02. The predicted octanol–water partition coefficient (Wildman–Crippen LogP) is 1.17. The fraction of sp³-hybridized carbons (Fsp3) is 0.125. The van der Waals surface area contributed by atoms with Crippen molar-refractivity contribution in [3.63, 3.8) is 0 Å². The molecule has 4 heteroatoms. The maximum absolute atomic E-state index is 8.53. The van der Waals surface area contributed by atoms with Crippen LogP contribution in [-0.2, 0) is 6.54 Å². The summed E-state index contributed by atoms with van der Waals surface area (Å²) in [6.45, 7) is 0.505. The minimum absolute atomic E-state index is 0.505. The second-order valence-electron chi connectivity index (χ2n) is 2.30. The summed E-state index contributed by atoms with van der Waals surface area (Å²) in [6, 6.07) is 7.11. The molecule has 0 aromatic heterocycles. The van der Waals surface area contributed by atoms with E-state index in [4.69, 9.17) is 22.7 Å². The third-order valence-corrected chi connectivity index (χ3v) is 1.83. The smallest absolute Gasteiger partial charge is 0.0992 e. The molecule has 0 spiro atoms. The maximum Gasteiger partial charge on any atom is 0.0992 e. The summed E-state index contributed by atoms with van der Waals surface area (Å²) in [5.41, 5.74) is 3.94. The molecular weight excluding hydrogens is 174 g/mol. The average Bonchev–Trinajstić information content (AvgIpc) is 2.09. The number of hydrazine groups is 1. The highest BCUT2D eigenvalue weighted by atomic mass is 35.5. The quantitative estimate of drug-likeness (QED) is 0.532. The molecule has 0 radical (unpaired) electrons. The molecule has 0 unspecified atom stereocenters. The molecule has 0 bridgehead atoms. The molecule has 1 aromatic carbocycles. The first kappa shape index (κ1) is 9.01. The van der Waals surface area contributed by atoms with Crippen LogP contribution in [0.3, 0.4) is 0 Å². The molecule has 0 fully saturated rings. The number of nitrogens with one attached hydrogen (secondary N) is 1. The van der Waals surface area contributed by atoms with Crippen molar-refractivity contribution < 1.29 is 0 Å². The number of benzene rings is 1. The Morgan fingerprint density at radius 2 is 2.33 bits per heavy atom. The minimum Gasteiger partial charge on any atom is -0.271 e. The number of rotatable bonds is 2. The second kappa shape index (κ2) is 4.07. The number of hydrogen-bond donors (Lipinski definition) is 2. The SMILES string of the molecule is N#Cc1ccc(CNN)c(Cl)c1. The van der Waals surface area contributed by atoms with Gasteiger partial charge in [-0.05, 0) is 17.7 Å². The van der Waals surface area contributed by atoms with Crippen LogP contribution in [0.15, 0.2) is 18.2 Å². The van der Waals surface area contributed by atoms with Gasteiger partial charge in [0, 0.05) is 11.6 Å². The topological polar surface area (TPSA) is 61.8 Å². The van der Waals surface area contributed by atoms with E-state index in [1.54, 1.807) is 18.2 Å². The largest absolute Gasteiger partial charge is 0.271 e. The third kappa shape index (κ3) is 1.95. The van der Waals surface area contributed by atoms with Gasteiger partial charge in [-0.25, -0.2) is 0 Å². The van der Waals surface area contributed by atoms with Crippen LogP contribution in [-0.4, -0.2) is 0 Å². The lowest BCUT2D eigenvalue weighted by molar-refractivity contribution is 0.741. The highest BCUT2D eigenvalue weighted by molar-refractivity contribution is 6.31.